The van der Waals surface area contributed by atoms with Crippen LogP contribution in [-0.2, 0) is 0 Å². The van der Waals surface area contributed by atoms with Crippen LogP contribution in [0.1, 0.15) is 25.6 Å². The Morgan fingerprint density at radius 1 is 1.44 bits per heavy atom. The molecule has 0 aliphatic carbocycles. The Labute approximate surface area is 109 Å². The van der Waals surface area contributed by atoms with Gasteiger partial charge in [0.25, 0.3) is 0 Å². The second-order valence-electron chi connectivity index (χ2n) is 4.58. The number of rotatable bonds is 2. The lowest BCUT2D eigenvalue weighted by atomic mass is 10.2. The van der Waals surface area contributed by atoms with Crippen molar-refractivity contribution < 1.29 is 15.0 Å². The standard InChI is InChI=1S/C10H16N4O3S/c1-5(2)8-11-9(18-13-8)12-10(17)14-3-6(15)7(16)4-14/h5-7,15-16H,3-4H2,1-2H3,(H,11,12,13,17)/t6-,7+. The van der Waals surface area contributed by atoms with Gasteiger partial charge in [-0.05, 0) is 0 Å². The molecule has 1 aliphatic heterocycles. The summed E-state index contributed by atoms with van der Waals surface area (Å²) in [6.07, 6.45) is -1.76. The van der Waals surface area contributed by atoms with Gasteiger partial charge in [0.1, 0.15) is 5.82 Å². The molecule has 1 aliphatic rings. The lowest BCUT2D eigenvalue weighted by molar-refractivity contribution is 0.0572. The number of carbonyl (C=O) groups excluding carboxylic acids is 1. The van der Waals surface area contributed by atoms with E-state index in [0.717, 1.165) is 11.5 Å². The first-order chi connectivity index (χ1) is 8.47. The predicted molar refractivity (Wildman–Crippen MR) is 66.6 cm³/mol. The molecule has 7 nitrogen and oxygen atoms in total. The van der Waals surface area contributed by atoms with Gasteiger partial charge in [-0.2, -0.15) is 4.37 Å². The molecule has 2 amide bonds. The second kappa shape index (κ2) is 5.17. The summed E-state index contributed by atoms with van der Waals surface area (Å²) >= 11 is 1.12. The maximum absolute atomic E-state index is 11.8. The molecular weight excluding hydrogens is 256 g/mol. The fraction of sp³-hybridized carbons (Fsp3) is 0.700. The van der Waals surface area contributed by atoms with E-state index in [0.29, 0.717) is 11.0 Å². The van der Waals surface area contributed by atoms with Gasteiger partial charge in [-0.15, -0.1) is 0 Å². The number of aliphatic hydroxyl groups excluding tert-OH is 2. The van der Waals surface area contributed by atoms with Crippen molar-refractivity contribution >= 4 is 22.7 Å². The Bertz CT molecular complexity index is 427. The normalized spacial score (nSPS) is 23.7. The fourth-order valence-corrected chi connectivity index (χ4v) is 2.32. The molecule has 18 heavy (non-hydrogen) atoms. The summed E-state index contributed by atoms with van der Waals surface area (Å²) in [4.78, 5) is 17.4. The van der Waals surface area contributed by atoms with Crippen LogP contribution >= 0.6 is 11.5 Å². The van der Waals surface area contributed by atoms with Crippen molar-refractivity contribution in [2.24, 2.45) is 0 Å². The van der Waals surface area contributed by atoms with Gasteiger partial charge in [0.2, 0.25) is 5.13 Å². The van der Waals surface area contributed by atoms with Crippen molar-refractivity contribution in [3.8, 4) is 0 Å². The molecule has 3 N–H and O–H groups in total. The van der Waals surface area contributed by atoms with E-state index in [1.165, 1.54) is 4.90 Å². The second-order valence-corrected chi connectivity index (χ2v) is 5.33. The zero-order valence-electron chi connectivity index (χ0n) is 10.2. The fourth-order valence-electron chi connectivity index (χ4n) is 1.63. The molecule has 0 saturated carbocycles. The number of nitrogens with one attached hydrogen (secondary N) is 1. The number of hydrogen-bond donors (Lipinski definition) is 3. The molecule has 0 aromatic carbocycles. The van der Waals surface area contributed by atoms with Crippen LogP contribution in [0.5, 0.6) is 0 Å². The summed E-state index contributed by atoms with van der Waals surface area (Å²) < 4.78 is 4.12. The number of aromatic nitrogens is 2. The highest BCUT2D eigenvalue weighted by molar-refractivity contribution is 7.09. The Hall–Kier alpha value is -1.25. The van der Waals surface area contributed by atoms with Crippen LogP contribution in [0.15, 0.2) is 0 Å². The first-order valence-electron chi connectivity index (χ1n) is 5.73. The van der Waals surface area contributed by atoms with Crippen LogP contribution in [0.25, 0.3) is 0 Å². The monoisotopic (exact) mass is 272 g/mol. The predicted octanol–water partition coefficient (Wildman–Crippen LogP) is 0.231. The average Bonchev–Trinajstić information content (AvgIpc) is 2.87. The number of hydrogen-bond acceptors (Lipinski definition) is 6. The number of nitrogens with zero attached hydrogens (tertiary/aromatic N) is 3. The molecule has 1 saturated heterocycles. The van der Waals surface area contributed by atoms with E-state index in [1.807, 2.05) is 13.8 Å². The van der Waals surface area contributed by atoms with Gasteiger partial charge in [-0.1, -0.05) is 13.8 Å². The van der Waals surface area contributed by atoms with Crippen molar-refractivity contribution in [3.05, 3.63) is 5.82 Å². The summed E-state index contributed by atoms with van der Waals surface area (Å²) in [7, 11) is 0. The lowest BCUT2D eigenvalue weighted by Crippen LogP contribution is -2.33. The van der Waals surface area contributed by atoms with Crippen molar-refractivity contribution in [1.29, 1.82) is 0 Å². The van der Waals surface area contributed by atoms with E-state index >= 15 is 0 Å². The molecule has 2 atom stereocenters. The van der Waals surface area contributed by atoms with Gasteiger partial charge < -0.3 is 15.1 Å². The van der Waals surface area contributed by atoms with Crippen molar-refractivity contribution in [3.63, 3.8) is 0 Å². The third-order valence-corrected chi connectivity index (χ3v) is 3.36. The minimum Gasteiger partial charge on any atom is -0.388 e. The minimum absolute atomic E-state index is 0.128. The number of urea groups is 1. The number of amides is 2. The molecular formula is C10H16N4O3S. The SMILES string of the molecule is CC(C)c1nsc(NC(=O)N2C[C@@H](O)[C@@H](O)C2)n1. The van der Waals surface area contributed by atoms with Gasteiger partial charge in [0.15, 0.2) is 0 Å². The van der Waals surface area contributed by atoms with E-state index in [-0.39, 0.29) is 25.0 Å². The highest BCUT2D eigenvalue weighted by Gasteiger charge is 2.32. The molecule has 0 radical (unpaired) electrons. The van der Waals surface area contributed by atoms with E-state index in [1.54, 1.807) is 0 Å². The van der Waals surface area contributed by atoms with Crippen LogP contribution in [0.2, 0.25) is 0 Å². The third-order valence-electron chi connectivity index (χ3n) is 2.72. The van der Waals surface area contributed by atoms with Crippen LogP contribution in [0.4, 0.5) is 9.93 Å². The number of anilines is 1. The largest absolute Gasteiger partial charge is 0.388 e. The van der Waals surface area contributed by atoms with Gasteiger partial charge in [0.05, 0.1) is 25.3 Å². The minimum atomic E-state index is -0.878. The molecule has 2 heterocycles. The quantitative estimate of drug-likeness (QED) is 0.716. The zero-order chi connectivity index (χ0) is 13.3. The van der Waals surface area contributed by atoms with E-state index in [9.17, 15) is 15.0 Å². The highest BCUT2D eigenvalue weighted by Crippen LogP contribution is 2.18. The van der Waals surface area contributed by atoms with E-state index in [2.05, 4.69) is 14.7 Å². The molecule has 0 unspecified atom stereocenters. The Kier molecular flexibility index (Phi) is 3.79. The summed E-state index contributed by atoms with van der Waals surface area (Å²) in [6, 6.07) is -0.378. The molecule has 0 spiro atoms. The summed E-state index contributed by atoms with van der Waals surface area (Å²) in [5, 5.41) is 21.8. The van der Waals surface area contributed by atoms with Gasteiger partial charge >= 0.3 is 6.03 Å². The number of carbonyl (C=O) groups is 1. The van der Waals surface area contributed by atoms with Gasteiger partial charge in [-0.3, -0.25) is 5.32 Å². The van der Waals surface area contributed by atoms with E-state index < -0.39 is 12.2 Å². The average molecular weight is 272 g/mol. The Morgan fingerprint density at radius 3 is 2.56 bits per heavy atom. The summed E-state index contributed by atoms with van der Waals surface area (Å²) in [6.45, 7) is 4.20. The molecule has 100 valence electrons. The topological polar surface area (TPSA) is 98.6 Å². The lowest BCUT2D eigenvalue weighted by Gasteiger charge is -2.14. The Morgan fingerprint density at radius 2 is 2.06 bits per heavy atom. The Balaban J connectivity index is 1.95. The first kappa shape index (κ1) is 13.2. The smallest absolute Gasteiger partial charge is 0.323 e. The van der Waals surface area contributed by atoms with Crippen LogP contribution in [0.3, 0.4) is 0 Å². The summed E-state index contributed by atoms with van der Waals surface area (Å²) in [5.74, 6) is 0.902. The molecule has 1 aromatic heterocycles. The summed E-state index contributed by atoms with van der Waals surface area (Å²) in [5.41, 5.74) is 0. The van der Waals surface area contributed by atoms with Crippen molar-refractivity contribution in [1.82, 2.24) is 14.3 Å². The third kappa shape index (κ3) is 2.77. The van der Waals surface area contributed by atoms with Crippen LogP contribution < -0.4 is 5.32 Å². The molecule has 0 bridgehead atoms. The molecule has 1 fully saturated rings. The van der Waals surface area contributed by atoms with Crippen molar-refractivity contribution in [2.45, 2.75) is 32.0 Å². The van der Waals surface area contributed by atoms with E-state index in [4.69, 9.17) is 0 Å². The molecule has 2 rings (SSSR count). The first-order valence-corrected chi connectivity index (χ1v) is 6.50. The maximum Gasteiger partial charge on any atom is 0.323 e. The maximum atomic E-state index is 11.8. The number of β-amino-alcohol motifs (C(OH)–C–C–N with tert-alkyl or cyclic N) is 2. The number of aliphatic hydroxyl groups is 2. The zero-order valence-corrected chi connectivity index (χ0v) is 11.0. The number of likely N-dealkylation sites (tertiary alicyclic amines) is 1. The highest BCUT2D eigenvalue weighted by atomic mass is 32.1. The van der Waals surface area contributed by atoms with Gasteiger partial charge in [-0.25, -0.2) is 9.78 Å². The van der Waals surface area contributed by atoms with Crippen LogP contribution in [-0.4, -0.2) is 55.8 Å². The van der Waals surface area contributed by atoms with Crippen LogP contribution in [0, 0.1) is 0 Å². The molecule has 8 heteroatoms. The molecule has 1 aromatic rings. The van der Waals surface area contributed by atoms with Crippen molar-refractivity contribution in [2.75, 3.05) is 18.4 Å². The van der Waals surface area contributed by atoms with Gasteiger partial charge in [0, 0.05) is 17.5 Å².